The monoisotopic (exact) mass is 454 g/mol. The fourth-order valence-corrected chi connectivity index (χ4v) is 4.69. The van der Waals surface area contributed by atoms with Gasteiger partial charge < -0.3 is 19.9 Å². The Balaban J connectivity index is 1.50. The molecular weight excluding hydrogens is 423 g/mol. The molecule has 2 fully saturated rings. The first-order chi connectivity index (χ1) is 15.9. The van der Waals surface area contributed by atoms with Crippen molar-refractivity contribution in [3.8, 4) is 5.75 Å². The summed E-state index contributed by atoms with van der Waals surface area (Å²) in [6.07, 6.45) is 4.90. The van der Waals surface area contributed by atoms with Gasteiger partial charge in [0.25, 0.3) is 5.91 Å². The third kappa shape index (κ3) is 4.94. The molecule has 0 saturated carbocycles. The van der Waals surface area contributed by atoms with E-state index in [1.54, 1.807) is 12.3 Å². The number of benzene rings is 1. The highest BCUT2D eigenvalue weighted by atomic mass is 19.1. The Kier molecular flexibility index (Phi) is 6.81. The number of methoxy groups -OCH3 is 1. The van der Waals surface area contributed by atoms with E-state index in [1.165, 1.54) is 19.2 Å². The Hall–Kier alpha value is -3.16. The average Bonchev–Trinajstić information content (AvgIpc) is 3.13. The molecule has 2 aliphatic heterocycles. The van der Waals surface area contributed by atoms with Crippen LogP contribution in [0, 0.1) is 17.7 Å². The zero-order chi connectivity index (χ0) is 23.5. The van der Waals surface area contributed by atoms with Crippen LogP contribution in [0.2, 0.25) is 0 Å². The highest BCUT2D eigenvalue weighted by Gasteiger charge is 2.40. The van der Waals surface area contributed by atoms with Crippen molar-refractivity contribution in [3.63, 3.8) is 0 Å². The minimum absolute atomic E-state index is 0.0423. The molecule has 0 aliphatic carbocycles. The minimum atomic E-state index is -0.535. The van der Waals surface area contributed by atoms with E-state index < -0.39 is 5.82 Å². The van der Waals surface area contributed by atoms with Gasteiger partial charge in [0.2, 0.25) is 5.91 Å². The number of likely N-dealkylation sites (tertiary alicyclic amines) is 1. The van der Waals surface area contributed by atoms with Gasteiger partial charge in [-0.3, -0.25) is 9.59 Å². The topological polar surface area (TPSA) is 74.8 Å². The number of anilines is 2. The molecule has 7 nitrogen and oxygen atoms in total. The molecule has 2 amide bonds. The quantitative estimate of drug-likeness (QED) is 0.740. The Bertz CT molecular complexity index is 1010. The zero-order valence-corrected chi connectivity index (χ0v) is 19.4. The van der Waals surface area contributed by atoms with Gasteiger partial charge in [-0.2, -0.15) is 0 Å². The van der Waals surface area contributed by atoms with Gasteiger partial charge in [0.15, 0.2) is 11.6 Å². The molecule has 0 spiro atoms. The maximum absolute atomic E-state index is 14.1. The maximum Gasteiger partial charge on any atom is 0.254 e. The number of nitrogens with one attached hydrogen (secondary N) is 1. The van der Waals surface area contributed by atoms with Crippen molar-refractivity contribution in [1.29, 1.82) is 0 Å². The first kappa shape index (κ1) is 23.0. The van der Waals surface area contributed by atoms with Crippen molar-refractivity contribution in [2.75, 3.05) is 37.0 Å². The predicted molar refractivity (Wildman–Crippen MR) is 125 cm³/mol. The van der Waals surface area contributed by atoms with E-state index in [0.29, 0.717) is 30.3 Å². The second kappa shape index (κ2) is 9.77. The van der Waals surface area contributed by atoms with Crippen LogP contribution in [0.25, 0.3) is 0 Å². The Labute approximate surface area is 193 Å². The van der Waals surface area contributed by atoms with Gasteiger partial charge in [-0.05, 0) is 49.1 Å². The number of pyridine rings is 1. The van der Waals surface area contributed by atoms with E-state index in [-0.39, 0.29) is 29.5 Å². The van der Waals surface area contributed by atoms with Gasteiger partial charge >= 0.3 is 0 Å². The summed E-state index contributed by atoms with van der Waals surface area (Å²) in [6.45, 7) is 5.79. The lowest BCUT2D eigenvalue weighted by atomic mass is 9.98. The van der Waals surface area contributed by atoms with Crippen molar-refractivity contribution in [1.82, 2.24) is 9.88 Å². The molecule has 33 heavy (non-hydrogen) atoms. The fourth-order valence-electron chi connectivity index (χ4n) is 4.69. The molecule has 0 radical (unpaired) electrons. The van der Waals surface area contributed by atoms with Crippen LogP contribution in [0.1, 0.15) is 43.5 Å². The molecule has 1 aromatic carbocycles. The normalized spacial score (nSPS) is 20.4. The third-order valence-electron chi connectivity index (χ3n) is 6.55. The lowest BCUT2D eigenvalue weighted by Gasteiger charge is -2.31. The van der Waals surface area contributed by atoms with Crippen LogP contribution in [-0.2, 0) is 4.79 Å². The summed E-state index contributed by atoms with van der Waals surface area (Å²) in [6, 6.07) is 8.32. The molecule has 1 N–H and O–H groups in total. The summed E-state index contributed by atoms with van der Waals surface area (Å²) >= 11 is 0. The standard InChI is InChI=1S/C25H31FN4O3/c1-16(2)24(31)28-19-8-10-23(27-13-19)30-11-5-4-6-18-14-29(15-21(18)30)25(32)17-7-9-22(33-3)20(26)12-17/h7-10,12-13,16,18,21H,4-6,11,14-15H2,1-3H3,(H,28,31)/t18-,21+/m1/s1. The van der Waals surface area contributed by atoms with E-state index in [1.807, 2.05) is 30.9 Å². The number of halogens is 1. The number of carbonyl (C=O) groups excluding carboxylic acids is 2. The van der Waals surface area contributed by atoms with Crippen molar-refractivity contribution in [2.45, 2.75) is 39.2 Å². The van der Waals surface area contributed by atoms with Crippen molar-refractivity contribution in [3.05, 3.63) is 47.9 Å². The number of hydrogen-bond donors (Lipinski definition) is 1. The number of fused-ring (bicyclic) bond motifs is 1. The fraction of sp³-hybridized carbons (Fsp3) is 0.480. The van der Waals surface area contributed by atoms with E-state index in [0.717, 1.165) is 31.6 Å². The Morgan fingerprint density at radius 3 is 2.67 bits per heavy atom. The summed E-state index contributed by atoms with van der Waals surface area (Å²) in [7, 11) is 1.40. The van der Waals surface area contributed by atoms with Gasteiger partial charge in [-0.25, -0.2) is 9.37 Å². The van der Waals surface area contributed by atoms with E-state index in [4.69, 9.17) is 4.74 Å². The molecule has 0 bridgehead atoms. The number of hydrogen-bond acceptors (Lipinski definition) is 5. The third-order valence-corrected chi connectivity index (χ3v) is 6.55. The van der Waals surface area contributed by atoms with Crippen LogP contribution in [-0.4, -0.2) is 54.5 Å². The van der Waals surface area contributed by atoms with Gasteiger partial charge in [-0.1, -0.05) is 20.3 Å². The summed E-state index contributed by atoms with van der Waals surface area (Å²) in [5.41, 5.74) is 1.01. The first-order valence-electron chi connectivity index (χ1n) is 11.5. The van der Waals surface area contributed by atoms with E-state index >= 15 is 0 Å². The average molecular weight is 455 g/mol. The molecule has 1 aromatic heterocycles. The molecule has 2 saturated heterocycles. The smallest absolute Gasteiger partial charge is 0.254 e. The molecule has 0 unspecified atom stereocenters. The second-order valence-corrected chi connectivity index (χ2v) is 9.13. The molecule has 2 aliphatic rings. The summed E-state index contributed by atoms with van der Waals surface area (Å²) in [5, 5.41) is 2.87. The Morgan fingerprint density at radius 1 is 1.18 bits per heavy atom. The van der Waals surface area contributed by atoms with Crippen molar-refractivity contribution in [2.24, 2.45) is 11.8 Å². The molecule has 2 aromatic rings. The molecule has 2 atom stereocenters. The van der Waals surface area contributed by atoms with Gasteiger partial charge in [0.1, 0.15) is 5.82 Å². The van der Waals surface area contributed by atoms with Crippen LogP contribution in [0.4, 0.5) is 15.9 Å². The summed E-state index contributed by atoms with van der Waals surface area (Å²) < 4.78 is 19.1. The van der Waals surface area contributed by atoms with Crippen molar-refractivity contribution < 1.29 is 18.7 Å². The predicted octanol–water partition coefficient (Wildman–Crippen LogP) is 3.95. The number of amides is 2. The van der Waals surface area contributed by atoms with Crippen LogP contribution in [0.15, 0.2) is 36.5 Å². The van der Waals surface area contributed by atoms with Gasteiger partial charge in [0, 0.05) is 31.1 Å². The molecule has 176 valence electrons. The Morgan fingerprint density at radius 2 is 2.00 bits per heavy atom. The highest BCUT2D eigenvalue weighted by Crippen LogP contribution is 2.33. The molecule has 4 rings (SSSR count). The highest BCUT2D eigenvalue weighted by molar-refractivity contribution is 5.94. The summed E-state index contributed by atoms with van der Waals surface area (Å²) in [4.78, 5) is 33.8. The van der Waals surface area contributed by atoms with Crippen LogP contribution >= 0.6 is 0 Å². The number of ether oxygens (including phenoxy) is 1. The van der Waals surface area contributed by atoms with Crippen molar-refractivity contribution >= 4 is 23.3 Å². The number of carbonyl (C=O) groups is 2. The van der Waals surface area contributed by atoms with E-state index in [9.17, 15) is 14.0 Å². The van der Waals surface area contributed by atoms with Crippen LogP contribution in [0.5, 0.6) is 5.75 Å². The first-order valence-corrected chi connectivity index (χ1v) is 11.5. The number of nitrogens with zero attached hydrogens (tertiary/aromatic N) is 3. The second-order valence-electron chi connectivity index (χ2n) is 9.13. The van der Waals surface area contributed by atoms with Crippen LogP contribution < -0.4 is 15.0 Å². The zero-order valence-electron chi connectivity index (χ0n) is 19.4. The lowest BCUT2D eigenvalue weighted by Crippen LogP contribution is -2.41. The molecule has 3 heterocycles. The van der Waals surface area contributed by atoms with Gasteiger partial charge in [-0.15, -0.1) is 0 Å². The molecule has 8 heteroatoms. The number of aromatic nitrogens is 1. The number of rotatable bonds is 5. The van der Waals surface area contributed by atoms with E-state index in [2.05, 4.69) is 15.2 Å². The minimum Gasteiger partial charge on any atom is -0.494 e. The molecular formula is C25H31FN4O3. The van der Waals surface area contributed by atoms with Crippen LogP contribution in [0.3, 0.4) is 0 Å². The SMILES string of the molecule is COc1ccc(C(=O)N2C[C@H]3CCCCN(c4ccc(NC(=O)C(C)C)cn4)[C@H]3C2)cc1F. The summed E-state index contributed by atoms with van der Waals surface area (Å²) in [5.74, 6) is 0.470. The van der Waals surface area contributed by atoms with Gasteiger partial charge in [0.05, 0.1) is 25.0 Å². The maximum atomic E-state index is 14.1. The lowest BCUT2D eigenvalue weighted by molar-refractivity contribution is -0.118. The largest absolute Gasteiger partial charge is 0.494 e.